The molecule has 0 unspecified atom stereocenters. The molecule has 1 nitrogen and oxygen atoms in total. The molecular formula is C13H11ClF3N. The second-order valence-corrected chi connectivity index (χ2v) is 4.10. The summed E-state index contributed by atoms with van der Waals surface area (Å²) in [5.41, 5.74) is -0.0875. The minimum atomic E-state index is -4.57. The molecule has 0 bridgehead atoms. The second kappa shape index (κ2) is 4.98. The Balaban J connectivity index is 3.58. The Morgan fingerprint density at radius 2 is 1.94 bits per heavy atom. The standard InChI is InChI=1S/C13H11ClF3N/c1-5-9-10(7(2)3)6-11(14)18-12(9)8(4)13(15,16)17/h5-6H,1-2,4H2,3H3. The number of hydrogen-bond donors (Lipinski definition) is 0. The van der Waals surface area contributed by atoms with E-state index in [0.29, 0.717) is 11.1 Å². The van der Waals surface area contributed by atoms with Gasteiger partial charge in [0.25, 0.3) is 0 Å². The van der Waals surface area contributed by atoms with Crippen LogP contribution in [0.25, 0.3) is 17.2 Å². The molecule has 0 N–H and O–H groups in total. The molecule has 0 saturated carbocycles. The van der Waals surface area contributed by atoms with E-state index in [4.69, 9.17) is 11.6 Å². The molecule has 1 heterocycles. The van der Waals surface area contributed by atoms with Gasteiger partial charge in [0.05, 0.1) is 11.3 Å². The van der Waals surface area contributed by atoms with E-state index >= 15 is 0 Å². The molecule has 0 aromatic carbocycles. The van der Waals surface area contributed by atoms with Crippen LogP contribution in [0, 0.1) is 0 Å². The van der Waals surface area contributed by atoms with Gasteiger partial charge in [-0.3, -0.25) is 0 Å². The molecule has 0 spiro atoms. The largest absolute Gasteiger partial charge is 0.417 e. The molecule has 0 aliphatic heterocycles. The number of pyridine rings is 1. The van der Waals surface area contributed by atoms with E-state index in [1.807, 2.05) is 0 Å². The zero-order valence-corrected chi connectivity index (χ0v) is 10.5. The van der Waals surface area contributed by atoms with E-state index in [0.717, 1.165) is 0 Å². The first kappa shape index (κ1) is 14.5. The number of nitrogens with zero attached hydrogens (tertiary/aromatic N) is 1. The second-order valence-electron chi connectivity index (χ2n) is 3.72. The molecule has 0 aliphatic rings. The lowest BCUT2D eigenvalue weighted by atomic mass is 9.98. The van der Waals surface area contributed by atoms with Gasteiger partial charge in [-0.25, -0.2) is 4.98 Å². The maximum atomic E-state index is 12.7. The van der Waals surface area contributed by atoms with Gasteiger partial charge in [0.1, 0.15) is 5.15 Å². The van der Waals surface area contributed by atoms with Crippen LogP contribution in [0.4, 0.5) is 13.2 Å². The van der Waals surface area contributed by atoms with Crippen molar-refractivity contribution < 1.29 is 13.2 Å². The maximum Gasteiger partial charge on any atom is 0.417 e. The van der Waals surface area contributed by atoms with Crippen LogP contribution < -0.4 is 0 Å². The zero-order chi connectivity index (χ0) is 14.1. The first-order valence-corrected chi connectivity index (χ1v) is 5.31. The van der Waals surface area contributed by atoms with Crippen LogP contribution in [0.15, 0.2) is 25.8 Å². The fourth-order valence-corrected chi connectivity index (χ4v) is 1.64. The maximum absolute atomic E-state index is 12.7. The quantitative estimate of drug-likeness (QED) is 0.707. The summed E-state index contributed by atoms with van der Waals surface area (Å²) >= 11 is 5.72. The Kier molecular flexibility index (Phi) is 4.02. The first-order valence-electron chi connectivity index (χ1n) is 4.93. The Morgan fingerprint density at radius 1 is 1.39 bits per heavy atom. The number of allylic oxidation sites excluding steroid dienone is 2. The average Bonchev–Trinajstić information content (AvgIpc) is 2.25. The van der Waals surface area contributed by atoms with Crippen LogP contribution in [0.3, 0.4) is 0 Å². The van der Waals surface area contributed by atoms with Crippen molar-refractivity contribution >= 4 is 28.8 Å². The summed E-state index contributed by atoms with van der Waals surface area (Å²) in [6, 6.07) is 1.45. The zero-order valence-electron chi connectivity index (χ0n) is 9.74. The number of alkyl halides is 3. The minimum absolute atomic E-state index is 0.0426. The highest BCUT2D eigenvalue weighted by atomic mass is 35.5. The van der Waals surface area contributed by atoms with Gasteiger partial charge in [0, 0.05) is 5.56 Å². The van der Waals surface area contributed by atoms with Crippen molar-refractivity contribution in [2.24, 2.45) is 0 Å². The molecule has 0 atom stereocenters. The lowest BCUT2D eigenvalue weighted by Crippen LogP contribution is -2.12. The van der Waals surface area contributed by atoms with Crippen LogP contribution in [0.5, 0.6) is 0 Å². The van der Waals surface area contributed by atoms with E-state index in [9.17, 15) is 13.2 Å². The molecule has 5 heteroatoms. The van der Waals surface area contributed by atoms with Crippen molar-refractivity contribution in [1.29, 1.82) is 0 Å². The van der Waals surface area contributed by atoms with Gasteiger partial charge in [-0.15, -0.1) is 0 Å². The van der Waals surface area contributed by atoms with Crippen molar-refractivity contribution in [3.8, 4) is 0 Å². The Labute approximate surface area is 108 Å². The van der Waals surface area contributed by atoms with Crippen molar-refractivity contribution in [2.45, 2.75) is 13.1 Å². The average molecular weight is 274 g/mol. The fraction of sp³-hybridized carbons (Fsp3) is 0.154. The molecule has 96 valence electrons. The number of rotatable bonds is 3. The highest BCUT2D eigenvalue weighted by Crippen LogP contribution is 2.36. The van der Waals surface area contributed by atoms with Gasteiger partial charge in [0.15, 0.2) is 0 Å². The van der Waals surface area contributed by atoms with Crippen LogP contribution in [0.1, 0.15) is 23.7 Å². The third-order valence-electron chi connectivity index (χ3n) is 2.32. The molecule has 0 fully saturated rings. The summed E-state index contributed by atoms with van der Waals surface area (Å²) in [5, 5.41) is -0.0426. The van der Waals surface area contributed by atoms with Gasteiger partial charge < -0.3 is 0 Å². The predicted octanol–water partition coefficient (Wildman–Crippen LogP) is 4.99. The third kappa shape index (κ3) is 2.82. The Hall–Kier alpha value is -1.55. The first-order chi connectivity index (χ1) is 8.18. The Morgan fingerprint density at radius 3 is 2.33 bits per heavy atom. The molecule has 1 aromatic heterocycles. The third-order valence-corrected chi connectivity index (χ3v) is 2.51. The van der Waals surface area contributed by atoms with Crippen LogP contribution in [-0.4, -0.2) is 11.2 Å². The normalized spacial score (nSPS) is 11.2. The molecule has 0 amide bonds. The minimum Gasteiger partial charge on any atom is -0.235 e. The molecule has 1 rings (SSSR count). The van der Waals surface area contributed by atoms with Crippen molar-refractivity contribution in [2.75, 3.05) is 0 Å². The molecular weight excluding hydrogens is 263 g/mol. The van der Waals surface area contributed by atoms with E-state index < -0.39 is 11.7 Å². The fourth-order valence-electron chi connectivity index (χ4n) is 1.45. The molecule has 1 aromatic rings. The van der Waals surface area contributed by atoms with E-state index in [2.05, 4.69) is 24.7 Å². The Bertz CT molecular complexity index is 530. The van der Waals surface area contributed by atoms with Gasteiger partial charge in [-0.05, 0) is 18.6 Å². The lowest BCUT2D eigenvalue weighted by Gasteiger charge is -2.15. The summed E-state index contributed by atoms with van der Waals surface area (Å²) in [4.78, 5) is 3.69. The van der Waals surface area contributed by atoms with Gasteiger partial charge >= 0.3 is 6.18 Å². The lowest BCUT2D eigenvalue weighted by molar-refractivity contribution is -0.0689. The SMILES string of the molecule is C=Cc1c(C(=C)C)cc(Cl)nc1C(=C)C(F)(F)F. The van der Waals surface area contributed by atoms with Crippen LogP contribution >= 0.6 is 11.6 Å². The number of hydrogen-bond acceptors (Lipinski definition) is 1. The van der Waals surface area contributed by atoms with Crippen molar-refractivity contribution in [1.82, 2.24) is 4.98 Å². The predicted molar refractivity (Wildman–Crippen MR) is 69.1 cm³/mol. The van der Waals surface area contributed by atoms with Crippen LogP contribution in [0.2, 0.25) is 5.15 Å². The van der Waals surface area contributed by atoms with E-state index in [1.165, 1.54) is 12.1 Å². The molecule has 0 radical (unpaired) electrons. The van der Waals surface area contributed by atoms with E-state index in [1.54, 1.807) is 6.92 Å². The molecule has 18 heavy (non-hydrogen) atoms. The van der Waals surface area contributed by atoms with Crippen molar-refractivity contribution in [3.63, 3.8) is 0 Å². The summed E-state index contributed by atoms with van der Waals surface area (Å²) in [6.07, 6.45) is -3.28. The summed E-state index contributed by atoms with van der Waals surface area (Å²) in [6.45, 7) is 11.9. The highest BCUT2D eigenvalue weighted by Gasteiger charge is 2.35. The monoisotopic (exact) mass is 273 g/mol. The van der Waals surface area contributed by atoms with E-state index in [-0.39, 0.29) is 16.4 Å². The van der Waals surface area contributed by atoms with Crippen molar-refractivity contribution in [3.05, 3.63) is 47.8 Å². The van der Waals surface area contributed by atoms with Gasteiger partial charge in [-0.2, -0.15) is 13.2 Å². The van der Waals surface area contributed by atoms with Crippen LogP contribution in [-0.2, 0) is 0 Å². The molecule has 0 saturated heterocycles. The van der Waals surface area contributed by atoms with Gasteiger partial charge in [0.2, 0.25) is 0 Å². The summed E-state index contributed by atoms with van der Waals surface area (Å²) < 4.78 is 38.0. The molecule has 0 aliphatic carbocycles. The highest BCUT2D eigenvalue weighted by molar-refractivity contribution is 6.29. The topological polar surface area (TPSA) is 12.9 Å². The summed E-state index contributed by atoms with van der Waals surface area (Å²) in [7, 11) is 0. The smallest absolute Gasteiger partial charge is 0.235 e. The number of halogens is 4. The number of aromatic nitrogens is 1. The van der Waals surface area contributed by atoms with Gasteiger partial charge in [-0.1, -0.05) is 43.0 Å². The summed E-state index contributed by atoms with van der Waals surface area (Å²) in [5.74, 6) is 0.